The van der Waals surface area contributed by atoms with Crippen molar-refractivity contribution in [2.24, 2.45) is 0 Å². The fourth-order valence-electron chi connectivity index (χ4n) is 2.02. The summed E-state index contributed by atoms with van der Waals surface area (Å²) in [5.74, 6) is 0.518. The number of aryl methyl sites for hydroxylation is 2. The van der Waals surface area contributed by atoms with Gasteiger partial charge in [-0.1, -0.05) is 12.1 Å². The van der Waals surface area contributed by atoms with E-state index in [9.17, 15) is 10.1 Å². The number of hydrogen-bond donors (Lipinski definition) is 1. The van der Waals surface area contributed by atoms with Crippen molar-refractivity contribution in [1.29, 1.82) is 0 Å². The molecule has 2 aromatic carbocycles. The summed E-state index contributed by atoms with van der Waals surface area (Å²) in [5, 5.41) is 10.9. The second-order valence-corrected chi connectivity index (χ2v) is 4.70. The highest BCUT2D eigenvalue weighted by Gasteiger charge is 2.14. The van der Waals surface area contributed by atoms with E-state index in [0.29, 0.717) is 23.6 Å². The van der Waals surface area contributed by atoms with E-state index in [4.69, 9.17) is 10.5 Å². The number of nitro benzene ring substituents is 1. The normalized spacial score (nSPS) is 10.3. The Morgan fingerprint density at radius 3 is 2.60 bits per heavy atom. The van der Waals surface area contributed by atoms with Gasteiger partial charge in [-0.3, -0.25) is 10.1 Å². The number of anilines is 1. The molecule has 0 atom stereocenters. The molecule has 0 saturated heterocycles. The monoisotopic (exact) mass is 272 g/mol. The van der Waals surface area contributed by atoms with E-state index in [1.807, 2.05) is 25.1 Å². The van der Waals surface area contributed by atoms with Crippen molar-refractivity contribution in [3.8, 4) is 5.75 Å². The fourth-order valence-corrected chi connectivity index (χ4v) is 2.02. The van der Waals surface area contributed by atoms with Gasteiger partial charge in [0.25, 0.3) is 5.69 Å². The van der Waals surface area contributed by atoms with E-state index in [0.717, 1.165) is 11.1 Å². The van der Waals surface area contributed by atoms with E-state index >= 15 is 0 Å². The summed E-state index contributed by atoms with van der Waals surface area (Å²) in [4.78, 5) is 10.5. The van der Waals surface area contributed by atoms with Gasteiger partial charge in [-0.25, -0.2) is 0 Å². The molecule has 0 amide bonds. The number of nitro groups is 1. The van der Waals surface area contributed by atoms with E-state index in [2.05, 4.69) is 0 Å². The van der Waals surface area contributed by atoms with Crippen molar-refractivity contribution >= 4 is 11.4 Å². The van der Waals surface area contributed by atoms with Crippen LogP contribution in [0.4, 0.5) is 11.4 Å². The minimum atomic E-state index is -0.401. The lowest BCUT2D eigenvalue weighted by Gasteiger charge is -2.10. The van der Waals surface area contributed by atoms with Crippen molar-refractivity contribution in [3.05, 3.63) is 63.2 Å². The average molecular weight is 272 g/mol. The summed E-state index contributed by atoms with van der Waals surface area (Å²) in [7, 11) is 0. The van der Waals surface area contributed by atoms with Gasteiger partial charge < -0.3 is 10.5 Å². The van der Waals surface area contributed by atoms with Gasteiger partial charge in [0.05, 0.1) is 11.0 Å². The first-order valence-corrected chi connectivity index (χ1v) is 6.20. The SMILES string of the molecule is Cc1cc(C)c([N+](=O)[O-])cc1OCc1cccc(N)c1. The summed E-state index contributed by atoms with van der Waals surface area (Å²) in [6.45, 7) is 3.91. The van der Waals surface area contributed by atoms with Crippen LogP contribution in [0.15, 0.2) is 36.4 Å². The first kappa shape index (κ1) is 13.9. The zero-order chi connectivity index (χ0) is 14.7. The summed E-state index contributed by atoms with van der Waals surface area (Å²) in [6.07, 6.45) is 0. The van der Waals surface area contributed by atoms with Crippen molar-refractivity contribution in [3.63, 3.8) is 0 Å². The molecule has 2 N–H and O–H groups in total. The lowest BCUT2D eigenvalue weighted by molar-refractivity contribution is -0.385. The largest absolute Gasteiger partial charge is 0.488 e. The van der Waals surface area contributed by atoms with Crippen molar-refractivity contribution in [2.75, 3.05) is 5.73 Å². The number of ether oxygens (including phenoxy) is 1. The molecule has 5 heteroatoms. The number of rotatable bonds is 4. The van der Waals surface area contributed by atoms with Gasteiger partial charge in [-0.2, -0.15) is 0 Å². The van der Waals surface area contributed by atoms with E-state index in [1.165, 1.54) is 6.07 Å². The molecule has 0 aliphatic heterocycles. The van der Waals surface area contributed by atoms with Gasteiger partial charge >= 0.3 is 0 Å². The van der Waals surface area contributed by atoms with Crippen LogP contribution < -0.4 is 10.5 Å². The molecule has 0 aliphatic carbocycles. The van der Waals surface area contributed by atoms with Gasteiger partial charge in [0.2, 0.25) is 0 Å². The number of nitrogen functional groups attached to an aromatic ring is 1. The maximum atomic E-state index is 10.9. The Kier molecular flexibility index (Phi) is 3.89. The molecular weight excluding hydrogens is 256 g/mol. The Balaban J connectivity index is 2.21. The van der Waals surface area contributed by atoms with Crippen LogP contribution in [0.5, 0.6) is 5.75 Å². The molecule has 0 unspecified atom stereocenters. The first-order valence-electron chi connectivity index (χ1n) is 6.20. The highest BCUT2D eigenvalue weighted by Crippen LogP contribution is 2.28. The zero-order valence-electron chi connectivity index (χ0n) is 11.4. The third kappa shape index (κ3) is 3.06. The Labute approximate surface area is 117 Å². The van der Waals surface area contributed by atoms with Gasteiger partial charge in [-0.05, 0) is 43.2 Å². The van der Waals surface area contributed by atoms with Crippen LogP contribution in [0.2, 0.25) is 0 Å². The predicted octanol–water partition coefficient (Wildman–Crippen LogP) is 3.37. The third-order valence-corrected chi connectivity index (χ3v) is 3.04. The summed E-state index contributed by atoms with van der Waals surface area (Å²) in [5.41, 5.74) is 8.85. The lowest BCUT2D eigenvalue weighted by atomic mass is 10.1. The van der Waals surface area contributed by atoms with E-state index in [1.54, 1.807) is 19.1 Å². The van der Waals surface area contributed by atoms with Crippen LogP contribution in [0.1, 0.15) is 16.7 Å². The topological polar surface area (TPSA) is 78.4 Å². The van der Waals surface area contributed by atoms with E-state index < -0.39 is 4.92 Å². The molecule has 104 valence electrons. The molecular formula is C15H16N2O3. The summed E-state index contributed by atoms with van der Waals surface area (Å²) < 4.78 is 5.66. The zero-order valence-corrected chi connectivity index (χ0v) is 11.4. The Morgan fingerprint density at radius 2 is 1.95 bits per heavy atom. The molecule has 0 bridgehead atoms. The molecule has 5 nitrogen and oxygen atoms in total. The molecule has 2 aromatic rings. The van der Waals surface area contributed by atoms with Crippen LogP contribution in [-0.4, -0.2) is 4.92 Å². The number of nitrogens with two attached hydrogens (primary N) is 1. The van der Waals surface area contributed by atoms with Crippen molar-refractivity contribution in [2.45, 2.75) is 20.5 Å². The quantitative estimate of drug-likeness (QED) is 0.525. The molecule has 0 aliphatic rings. The second kappa shape index (κ2) is 5.61. The standard InChI is InChI=1S/C15H16N2O3/c1-10-6-11(2)15(8-14(10)17(18)19)20-9-12-4-3-5-13(16)7-12/h3-8H,9,16H2,1-2H3. The average Bonchev–Trinajstić information content (AvgIpc) is 2.37. The first-order chi connectivity index (χ1) is 9.47. The Hall–Kier alpha value is -2.56. The molecule has 20 heavy (non-hydrogen) atoms. The molecule has 0 radical (unpaired) electrons. The Morgan fingerprint density at radius 1 is 1.20 bits per heavy atom. The van der Waals surface area contributed by atoms with Crippen molar-refractivity contribution in [1.82, 2.24) is 0 Å². The van der Waals surface area contributed by atoms with Gasteiger partial charge in [-0.15, -0.1) is 0 Å². The lowest BCUT2D eigenvalue weighted by Crippen LogP contribution is -2.00. The minimum absolute atomic E-state index is 0.0678. The highest BCUT2D eigenvalue weighted by atomic mass is 16.6. The maximum Gasteiger partial charge on any atom is 0.276 e. The van der Waals surface area contributed by atoms with Gasteiger partial charge in [0.1, 0.15) is 12.4 Å². The fraction of sp³-hybridized carbons (Fsp3) is 0.200. The molecule has 0 fully saturated rings. The van der Waals surface area contributed by atoms with Crippen LogP contribution in [0, 0.1) is 24.0 Å². The smallest absolute Gasteiger partial charge is 0.276 e. The molecule has 2 rings (SSSR count). The van der Waals surface area contributed by atoms with Crippen LogP contribution in [-0.2, 0) is 6.61 Å². The van der Waals surface area contributed by atoms with Crippen molar-refractivity contribution < 1.29 is 9.66 Å². The number of hydrogen-bond acceptors (Lipinski definition) is 4. The maximum absolute atomic E-state index is 10.9. The van der Waals surface area contributed by atoms with Gasteiger partial charge in [0, 0.05) is 11.3 Å². The van der Waals surface area contributed by atoms with Gasteiger partial charge in [0.15, 0.2) is 0 Å². The predicted molar refractivity (Wildman–Crippen MR) is 77.8 cm³/mol. The summed E-state index contributed by atoms with van der Waals surface area (Å²) >= 11 is 0. The van der Waals surface area contributed by atoms with Crippen LogP contribution >= 0.6 is 0 Å². The minimum Gasteiger partial charge on any atom is -0.488 e. The van der Waals surface area contributed by atoms with E-state index in [-0.39, 0.29) is 5.69 Å². The second-order valence-electron chi connectivity index (χ2n) is 4.70. The highest BCUT2D eigenvalue weighted by molar-refractivity contribution is 5.49. The Bertz CT molecular complexity index is 654. The third-order valence-electron chi connectivity index (χ3n) is 3.04. The molecule has 0 saturated carbocycles. The number of nitrogens with zero attached hydrogens (tertiary/aromatic N) is 1. The molecule has 0 spiro atoms. The molecule has 0 heterocycles. The van der Waals surface area contributed by atoms with Crippen LogP contribution in [0.3, 0.4) is 0 Å². The number of benzene rings is 2. The van der Waals surface area contributed by atoms with Crippen LogP contribution in [0.25, 0.3) is 0 Å². The summed E-state index contributed by atoms with van der Waals surface area (Å²) in [6, 6.07) is 10.6. The molecule has 0 aromatic heterocycles.